The summed E-state index contributed by atoms with van der Waals surface area (Å²) >= 11 is 0. The van der Waals surface area contributed by atoms with Gasteiger partial charge in [-0.2, -0.15) is 5.10 Å². The Morgan fingerprint density at radius 1 is 0.968 bits per heavy atom. The fraction of sp³-hybridized carbons (Fsp3) is 0.208. The van der Waals surface area contributed by atoms with Gasteiger partial charge in [-0.3, -0.25) is 10.4 Å². The van der Waals surface area contributed by atoms with Crippen molar-refractivity contribution in [2.24, 2.45) is 0 Å². The Balaban J connectivity index is 1.26. The molecule has 5 rings (SSSR count). The average molecular weight is 412 g/mol. The number of carbonyl (C=O) groups excluding carboxylic acids is 1. The molecule has 0 atom stereocenters. The molecule has 1 fully saturated rings. The topological polar surface area (TPSA) is 77.2 Å². The second-order valence-electron chi connectivity index (χ2n) is 7.79. The zero-order valence-electron chi connectivity index (χ0n) is 17.4. The maximum Gasteiger partial charge on any atom is 0.323 e. The summed E-state index contributed by atoms with van der Waals surface area (Å²) in [5.41, 5.74) is 4.39. The van der Waals surface area contributed by atoms with E-state index in [0.717, 1.165) is 40.9 Å². The van der Waals surface area contributed by atoms with E-state index in [0.29, 0.717) is 18.9 Å². The molecule has 2 aromatic carbocycles. The first-order chi connectivity index (χ1) is 15.2. The number of carbonyl (C=O) groups is 1. The molecule has 4 aromatic rings. The fourth-order valence-corrected chi connectivity index (χ4v) is 3.90. The summed E-state index contributed by atoms with van der Waals surface area (Å²) in [4.78, 5) is 21.2. The lowest BCUT2D eigenvalue weighted by atomic mass is 10.0. The van der Waals surface area contributed by atoms with Crippen molar-refractivity contribution in [3.8, 4) is 11.1 Å². The minimum atomic E-state index is -0.128. The molecule has 0 radical (unpaired) electrons. The zero-order chi connectivity index (χ0) is 21.2. The van der Waals surface area contributed by atoms with Crippen molar-refractivity contribution in [2.75, 3.05) is 36.4 Å². The van der Waals surface area contributed by atoms with Crippen LogP contribution in [0.25, 0.3) is 22.0 Å². The number of pyridine rings is 1. The van der Waals surface area contributed by atoms with Gasteiger partial charge in [-0.1, -0.05) is 42.0 Å². The number of benzene rings is 2. The van der Waals surface area contributed by atoms with Crippen LogP contribution in [0.4, 0.5) is 16.4 Å². The molecule has 0 spiro atoms. The zero-order valence-corrected chi connectivity index (χ0v) is 17.4. The number of amides is 2. The van der Waals surface area contributed by atoms with Crippen LogP contribution >= 0.6 is 0 Å². The third-order valence-electron chi connectivity index (χ3n) is 5.71. The van der Waals surface area contributed by atoms with Gasteiger partial charge >= 0.3 is 6.03 Å². The maximum atomic E-state index is 12.8. The van der Waals surface area contributed by atoms with Crippen molar-refractivity contribution in [3.05, 3.63) is 72.4 Å². The number of aromatic amines is 1. The van der Waals surface area contributed by atoms with Crippen molar-refractivity contribution in [3.63, 3.8) is 0 Å². The van der Waals surface area contributed by atoms with E-state index in [-0.39, 0.29) is 6.03 Å². The van der Waals surface area contributed by atoms with E-state index in [1.165, 1.54) is 5.56 Å². The highest BCUT2D eigenvalue weighted by Gasteiger charge is 2.23. The first-order valence-corrected chi connectivity index (χ1v) is 10.4. The summed E-state index contributed by atoms with van der Waals surface area (Å²) in [6, 6.07) is 20.3. The van der Waals surface area contributed by atoms with Crippen LogP contribution in [-0.2, 0) is 0 Å². The van der Waals surface area contributed by atoms with Gasteiger partial charge in [-0.05, 0) is 42.3 Å². The Morgan fingerprint density at radius 3 is 2.48 bits per heavy atom. The number of aryl methyl sites for hydroxylation is 1. The predicted octanol–water partition coefficient (Wildman–Crippen LogP) is 4.29. The minimum absolute atomic E-state index is 0.128. The second kappa shape index (κ2) is 8.10. The molecule has 0 saturated carbocycles. The van der Waals surface area contributed by atoms with Gasteiger partial charge in [0, 0.05) is 37.8 Å². The SMILES string of the molecule is Cc1ccc(-c2ccc3c(NC(=O)N4CCN(c5ccccn5)CC4)n[nH]c3c2)cc1. The van der Waals surface area contributed by atoms with E-state index in [2.05, 4.69) is 68.7 Å². The van der Waals surface area contributed by atoms with Crippen LogP contribution in [0.15, 0.2) is 66.9 Å². The number of anilines is 2. The van der Waals surface area contributed by atoms with Crippen LogP contribution in [0.3, 0.4) is 0 Å². The Hall–Kier alpha value is -3.87. The number of nitrogens with one attached hydrogen (secondary N) is 2. The molecule has 2 amide bonds. The summed E-state index contributed by atoms with van der Waals surface area (Å²) in [6.07, 6.45) is 1.79. The molecule has 31 heavy (non-hydrogen) atoms. The number of urea groups is 1. The normalized spacial score (nSPS) is 14.1. The second-order valence-corrected chi connectivity index (χ2v) is 7.79. The summed E-state index contributed by atoms with van der Waals surface area (Å²) in [7, 11) is 0. The molecule has 7 nitrogen and oxygen atoms in total. The van der Waals surface area contributed by atoms with Gasteiger partial charge in [0.15, 0.2) is 5.82 Å². The van der Waals surface area contributed by atoms with Crippen LogP contribution in [-0.4, -0.2) is 52.3 Å². The molecule has 3 heterocycles. The van der Waals surface area contributed by atoms with Gasteiger partial charge in [-0.15, -0.1) is 0 Å². The van der Waals surface area contributed by atoms with E-state index in [1.54, 1.807) is 6.20 Å². The maximum absolute atomic E-state index is 12.8. The lowest BCUT2D eigenvalue weighted by Crippen LogP contribution is -2.50. The number of H-pyrrole nitrogens is 1. The molecule has 1 aliphatic heterocycles. The van der Waals surface area contributed by atoms with Crippen molar-refractivity contribution < 1.29 is 4.79 Å². The van der Waals surface area contributed by atoms with Crippen LogP contribution in [0, 0.1) is 6.92 Å². The van der Waals surface area contributed by atoms with Gasteiger partial charge in [0.2, 0.25) is 0 Å². The average Bonchev–Trinajstić information content (AvgIpc) is 3.22. The van der Waals surface area contributed by atoms with Crippen molar-refractivity contribution in [2.45, 2.75) is 6.92 Å². The van der Waals surface area contributed by atoms with Crippen LogP contribution in [0.1, 0.15) is 5.56 Å². The largest absolute Gasteiger partial charge is 0.353 e. The van der Waals surface area contributed by atoms with Crippen LogP contribution in [0.2, 0.25) is 0 Å². The van der Waals surface area contributed by atoms with Crippen molar-refractivity contribution >= 4 is 28.6 Å². The number of hydrogen-bond donors (Lipinski definition) is 2. The Morgan fingerprint density at radius 2 is 1.74 bits per heavy atom. The van der Waals surface area contributed by atoms with E-state index >= 15 is 0 Å². The lowest BCUT2D eigenvalue weighted by Gasteiger charge is -2.35. The van der Waals surface area contributed by atoms with Gasteiger partial charge in [0.1, 0.15) is 5.82 Å². The number of aromatic nitrogens is 3. The minimum Gasteiger partial charge on any atom is -0.353 e. The third-order valence-corrected chi connectivity index (χ3v) is 5.71. The number of nitrogens with zero attached hydrogens (tertiary/aromatic N) is 4. The van der Waals surface area contributed by atoms with Crippen molar-refractivity contribution in [1.82, 2.24) is 20.1 Å². The first kappa shape index (κ1) is 19.1. The third kappa shape index (κ3) is 3.94. The molecule has 2 aromatic heterocycles. The number of hydrogen-bond acceptors (Lipinski definition) is 4. The first-order valence-electron chi connectivity index (χ1n) is 10.4. The van der Waals surface area contributed by atoms with E-state index in [1.807, 2.05) is 29.2 Å². The smallest absolute Gasteiger partial charge is 0.323 e. The van der Waals surface area contributed by atoms with E-state index < -0.39 is 0 Å². The molecular formula is C24H24N6O. The van der Waals surface area contributed by atoms with Gasteiger partial charge in [-0.25, -0.2) is 9.78 Å². The number of rotatable bonds is 3. The van der Waals surface area contributed by atoms with E-state index in [9.17, 15) is 4.79 Å². The molecular weight excluding hydrogens is 388 g/mol. The highest BCUT2D eigenvalue weighted by Crippen LogP contribution is 2.27. The van der Waals surface area contributed by atoms with Gasteiger partial charge < -0.3 is 9.80 Å². The lowest BCUT2D eigenvalue weighted by molar-refractivity contribution is 0.208. The molecule has 2 N–H and O–H groups in total. The Bertz CT molecular complexity index is 1190. The quantitative estimate of drug-likeness (QED) is 0.526. The Labute approximate surface area is 180 Å². The highest BCUT2D eigenvalue weighted by atomic mass is 16.2. The standard InChI is InChI=1S/C24H24N6O/c1-17-5-7-18(8-6-17)19-9-10-20-21(16-19)27-28-23(20)26-24(31)30-14-12-29(13-15-30)22-4-2-3-11-25-22/h2-11,16H,12-15H2,1H3,(H2,26,27,28,31). The molecule has 0 unspecified atom stereocenters. The predicted molar refractivity (Wildman–Crippen MR) is 123 cm³/mol. The molecule has 156 valence electrons. The summed E-state index contributed by atoms with van der Waals surface area (Å²) in [5, 5.41) is 11.3. The van der Waals surface area contributed by atoms with Crippen LogP contribution < -0.4 is 10.2 Å². The molecule has 0 bridgehead atoms. The molecule has 0 aliphatic carbocycles. The highest BCUT2D eigenvalue weighted by molar-refractivity contribution is 6.00. The van der Waals surface area contributed by atoms with Crippen molar-refractivity contribution in [1.29, 1.82) is 0 Å². The van der Waals surface area contributed by atoms with Gasteiger partial charge in [0.05, 0.1) is 5.52 Å². The monoisotopic (exact) mass is 412 g/mol. The van der Waals surface area contributed by atoms with Gasteiger partial charge in [0.25, 0.3) is 0 Å². The summed E-state index contributed by atoms with van der Waals surface area (Å²) in [6.45, 7) is 4.87. The van der Waals surface area contributed by atoms with Crippen LogP contribution in [0.5, 0.6) is 0 Å². The summed E-state index contributed by atoms with van der Waals surface area (Å²) in [5.74, 6) is 1.51. The molecule has 1 aliphatic rings. The number of fused-ring (bicyclic) bond motifs is 1. The number of piperazine rings is 1. The molecule has 7 heteroatoms. The Kier molecular flexibility index (Phi) is 5.00. The van der Waals surface area contributed by atoms with E-state index in [4.69, 9.17) is 0 Å². The summed E-state index contributed by atoms with van der Waals surface area (Å²) < 4.78 is 0. The fourth-order valence-electron chi connectivity index (χ4n) is 3.90. The molecule has 1 saturated heterocycles.